The molecule has 0 N–H and O–H groups in total. The highest BCUT2D eigenvalue weighted by molar-refractivity contribution is 5.92. The van der Waals surface area contributed by atoms with Crippen LogP contribution >= 0.6 is 0 Å². The molecule has 6 nitrogen and oxygen atoms in total. The Morgan fingerprint density at radius 3 is 2.67 bits per heavy atom. The lowest BCUT2D eigenvalue weighted by Crippen LogP contribution is -2.48. The Kier molecular flexibility index (Phi) is 5.83. The summed E-state index contributed by atoms with van der Waals surface area (Å²) >= 11 is 0. The van der Waals surface area contributed by atoms with Crippen LogP contribution in [0.5, 0.6) is 0 Å². The number of fused-ring (bicyclic) bond motifs is 1. The van der Waals surface area contributed by atoms with Crippen LogP contribution < -0.4 is 0 Å². The molecule has 0 radical (unpaired) electrons. The fraction of sp³-hybridized carbons (Fsp3) is 0.810. The lowest BCUT2D eigenvalue weighted by molar-refractivity contribution is 0.0796. The molecule has 2 fully saturated rings. The molecule has 150 valence electrons. The average molecular weight is 374 g/mol. The lowest BCUT2D eigenvalue weighted by Gasteiger charge is -2.42. The molecule has 2 saturated heterocycles. The highest BCUT2D eigenvalue weighted by Crippen LogP contribution is 2.30. The third-order valence-corrected chi connectivity index (χ3v) is 6.71. The van der Waals surface area contributed by atoms with Gasteiger partial charge in [-0.2, -0.15) is 5.10 Å². The molecular weight excluding hydrogens is 338 g/mol. The molecule has 27 heavy (non-hydrogen) atoms. The summed E-state index contributed by atoms with van der Waals surface area (Å²) < 4.78 is 1.96. The Balaban J connectivity index is 1.41. The summed E-state index contributed by atoms with van der Waals surface area (Å²) in [5.74, 6) is 0.604. The Labute approximate surface area is 163 Å². The van der Waals surface area contributed by atoms with Crippen molar-refractivity contribution in [2.45, 2.75) is 64.0 Å². The molecule has 1 amide bonds. The van der Waals surface area contributed by atoms with Crippen molar-refractivity contribution in [3.8, 4) is 0 Å². The van der Waals surface area contributed by atoms with E-state index in [1.807, 2.05) is 16.6 Å². The van der Waals surface area contributed by atoms with E-state index in [4.69, 9.17) is 5.10 Å². The number of aryl methyl sites for hydroxylation is 1. The van der Waals surface area contributed by atoms with Crippen molar-refractivity contribution < 1.29 is 4.79 Å². The fourth-order valence-electron chi connectivity index (χ4n) is 5.14. The van der Waals surface area contributed by atoms with Gasteiger partial charge < -0.3 is 9.80 Å². The van der Waals surface area contributed by atoms with Crippen molar-refractivity contribution in [2.24, 2.45) is 0 Å². The second-order valence-electron chi connectivity index (χ2n) is 8.66. The van der Waals surface area contributed by atoms with E-state index >= 15 is 0 Å². The van der Waals surface area contributed by atoms with Gasteiger partial charge in [-0.1, -0.05) is 6.92 Å². The van der Waals surface area contributed by atoms with Gasteiger partial charge in [0.2, 0.25) is 0 Å². The van der Waals surface area contributed by atoms with Crippen molar-refractivity contribution >= 4 is 5.91 Å². The van der Waals surface area contributed by atoms with E-state index < -0.39 is 0 Å². The summed E-state index contributed by atoms with van der Waals surface area (Å²) in [6.07, 6.45) is 7.30. The third kappa shape index (κ3) is 4.06. The number of rotatable bonds is 4. The number of nitrogens with zero attached hydrogens (tertiary/aromatic N) is 5. The van der Waals surface area contributed by atoms with Gasteiger partial charge in [0.15, 0.2) is 0 Å². The minimum Gasteiger partial charge on any atom is -0.340 e. The smallest absolute Gasteiger partial charge is 0.271 e. The number of carbonyl (C=O) groups is 1. The molecule has 0 bridgehead atoms. The number of piperidine rings is 2. The maximum atomic E-state index is 12.6. The molecule has 3 aliphatic rings. The standard InChI is InChI=1S/C21H35N5O/c1-3-9-24-13-7-18(8-14-24)25-11-4-6-17(16-25)19-15-20-21(27)23(2)10-5-12-26(20)22-19/h15,17-18H,3-14,16H2,1-2H3. The van der Waals surface area contributed by atoms with Crippen LogP contribution in [0, 0.1) is 0 Å². The number of hydrogen-bond acceptors (Lipinski definition) is 4. The number of aromatic nitrogens is 2. The summed E-state index contributed by atoms with van der Waals surface area (Å²) in [6, 6.07) is 2.82. The summed E-state index contributed by atoms with van der Waals surface area (Å²) in [5.41, 5.74) is 1.93. The highest BCUT2D eigenvalue weighted by atomic mass is 16.2. The van der Waals surface area contributed by atoms with Crippen LogP contribution in [0.25, 0.3) is 0 Å². The summed E-state index contributed by atoms with van der Waals surface area (Å²) in [4.78, 5) is 19.7. The maximum absolute atomic E-state index is 12.6. The van der Waals surface area contributed by atoms with Gasteiger partial charge in [0.05, 0.1) is 5.69 Å². The van der Waals surface area contributed by atoms with Gasteiger partial charge in [0.1, 0.15) is 5.69 Å². The second-order valence-corrected chi connectivity index (χ2v) is 8.66. The summed E-state index contributed by atoms with van der Waals surface area (Å²) in [7, 11) is 1.90. The molecule has 1 atom stereocenters. The molecule has 4 rings (SSSR count). The first-order valence-corrected chi connectivity index (χ1v) is 11.0. The van der Waals surface area contributed by atoms with E-state index in [9.17, 15) is 4.79 Å². The molecule has 3 aliphatic heterocycles. The first kappa shape index (κ1) is 18.9. The van der Waals surface area contributed by atoms with Gasteiger partial charge in [-0.25, -0.2) is 0 Å². The molecule has 0 aromatic carbocycles. The Bertz CT molecular complexity index is 649. The van der Waals surface area contributed by atoms with Crippen LogP contribution in [0.1, 0.15) is 67.5 Å². The van der Waals surface area contributed by atoms with E-state index in [0.717, 1.165) is 43.5 Å². The van der Waals surface area contributed by atoms with Gasteiger partial charge in [-0.15, -0.1) is 0 Å². The van der Waals surface area contributed by atoms with Gasteiger partial charge >= 0.3 is 0 Å². The Morgan fingerprint density at radius 2 is 1.89 bits per heavy atom. The molecule has 4 heterocycles. The van der Waals surface area contributed by atoms with Crippen molar-refractivity contribution in [1.82, 2.24) is 24.5 Å². The van der Waals surface area contributed by atoms with Crippen LogP contribution in [0.2, 0.25) is 0 Å². The van der Waals surface area contributed by atoms with Crippen molar-refractivity contribution in [3.63, 3.8) is 0 Å². The molecule has 1 unspecified atom stereocenters. The van der Waals surface area contributed by atoms with Gasteiger partial charge in [0.25, 0.3) is 5.91 Å². The topological polar surface area (TPSA) is 44.6 Å². The summed E-state index contributed by atoms with van der Waals surface area (Å²) in [5, 5.41) is 4.87. The van der Waals surface area contributed by atoms with Crippen LogP contribution in [0.3, 0.4) is 0 Å². The number of likely N-dealkylation sites (tertiary alicyclic amines) is 2. The van der Waals surface area contributed by atoms with Crippen LogP contribution in [-0.4, -0.2) is 82.7 Å². The zero-order valence-corrected chi connectivity index (χ0v) is 17.1. The van der Waals surface area contributed by atoms with Gasteiger partial charge in [-0.05, 0) is 70.8 Å². The van der Waals surface area contributed by atoms with E-state index in [1.165, 1.54) is 58.3 Å². The number of hydrogen-bond donors (Lipinski definition) is 0. The van der Waals surface area contributed by atoms with E-state index in [0.29, 0.717) is 5.92 Å². The van der Waals surface area contributed by atoms with E-state index in [1.54, 1.807) is 0 Å². The molecule has 0 spiro atoms. The van der Waals surface area contributed by atoms with Crippen molar-refractivity contribution in [1.29, 1.82) is 0 Å². The molecule has 0 saturated carbocycles. The van der Waals surface area contributed by atoms with Gasteiger partial charge in [0, 0.05) is 38.6 Å². The molecular formula is C21H35N5O. The lowest BCUT2D eigenvalue weighted by atomic mass is 9.91. The zero-order chi connectivity index (χ0) is 18.8. The second kappa shape index (κ2) is 8.31. The van der Waals surface area contributed by atoms with Crippen LogP contribution in [0.15, 0.2) is 6.07 Å². The van der Waals surface area contributed by atoms with Crippen molar-refractivity contribution in [2.75, 3.05) is 46.3 Å². The minimum absolute atomic E-state index is 0.127. The van der Waals surface area contributed by atoms with E-state index in [2.05, 4.69) is 22.8 Å². The predicted molar refractivity (Wildman–Crippen MR) is 107 cm³/mol. The quantitative estimate of drug-likeness (QED) is 0.813. The van der Waals surface area contributed by atoms with E-state index in [-0.39, 0.29) is 5.91 Å². The minimum atomic E-state index is 0.127. The first-order valence-electron chi connectivity index (χ1n) is 11.0. The first-order chi connectivity index (χ1) is 13.2. The predicted octanol–water partition coefficient (Wildman–Crippen LogP) is 2.41. The van der Waals surface area contributed by atoms with Crippen LogP contribution in [-0.2, 0) is 6.54 Å². The Hall–Kier alpha value is -1.40. The number of amides is 1. The average Bonchev–Trinajstić information content (AvgIpc) is 3.07. The van der Waals surface area contributed by atoms with Gasteiger partial charge in [-0.3, -0.25) is 14.4 Å². The zero-order valence-electron chi connectivity index (χ0n) is 17.1. The molecule has 1 aromatic rings. The SMILES string of the molecule is CCCN1CCC(N2CCCC(c3cc4n(n3)CCCN(C)C4=O)C2)CC1. The van der Waals surface area contributed by atoms with Crippen LogP contribution in [0.4, 0.5) is 0 Å². The highest BCUT2D eigenvalue weighted by Gasteiger charge is 2.31. The summed E-state index contributed by atoms with van der Waals surface area (Å²) in [6.45, 7) is 10.0. The monoisotopic (exact) mass is 373 g/mol. The largest absolute Gasteiger partial charge is 0.340 e. The molecule has 1 aromatic heterocycles. The normalized spacial score (nSPS) is 26.2. The molecule has 0 aliphatic carbocycles. The fourth-order valence-corrected chi connectivity index (χ4v) is 5.14. The maximum Gasteiger partial charge on any atom is 0.271 e. The molecule has 6 heteroatoms. The van der Waals surface area contributed by atoms with Crippen molar-refractivity contribution in [3.05, 3.63) is 17.5 Å². The number of carbonyl (C=O) groups excluding carboxylic acids is 1. The third-order valence-electron chi connectivity index (χ3n) is 6.71. The Morgan fingerprint density at radius 1 is 1.07 bits per heavy atom.